The Morgan fingerprint density at radius 3 is 2.32 bits per heavy atom. The lowest BCUT2D eigenvalue weighted by atomic mass is 9.84. The molecule has 3 saturated heterocycles. The van der Waals surface area contributed by atoms with Gasteiger partial charge in [-0.3, -0.25) is 4.68 Å². The van der Waals surface area contributed by atoms with E-state index in [4.69, 9.17) is 0 Å². The summed E-state index contributed by atoms with van der Waals surface area (Å²) in [5.74, 6) is 0.857. The summed E-state index contributed by atoms with van der Waals surface area (Å²) in [6.07, 6.45) is 4.52. The topological polar surface area (TPSA) is 41.3 Å². The molecule has 1 aromatic heterocycles. The summed E-state index contributed by atoms with van der Waals surface area (Å²) in [6.45, 7) is 3.51. The molecule has 3 fully saturated rings. The number of hydrogen-bond donors (Lipinski definition) is 1. The van der Waals surface area contributed by atoms with Gasteiger partial charge in [0.1, 0.15) is 0 Å². The zero-order valence-electron chi connectivity index (χ0n) is 12.3. The van der Waals surface area contributed by atoms with Crippen LogP contribution in [0, 0.1) is 5.92 Å². The van der Waals surface area contributed by atoms with Gasteiger partial charge in [-0.15, -0.1) is 29.9 Å². The molecule has 1 N–H and O–H groups in total. The van der Waals surface area contributed by atoms with Gasteiger partial charge in [-0.25, -0.2) is 0 Å². The van der Waals surface area contributed by atoms with Gasteiger partial charge in [0.25, 0.3) is 0 Å². The second-order valence-electron chi connectivity index (χ2n) is 5.92. The van der Waals surface area contributed by atoms with Crippen LogP contribution in [-0.2, 0) is 0 Å². The molecule has 0 radical (unpaired) electrons. The van der Waals surface area contributed by atoms with Crippen molar-refractivity contribution >= 4 is 24.8 Å². The van der Waals surface area contributed by atoms with E-state index in [1.54, 1.807) is 0 Å². The summed E-state index contributed by atoms with van der Waals surface area (Å²) in [5.41, 5.74) is 1.86. The molecule has 0 spiro atoms. The van der Waals surface area contributed by atoms with Crippen LogP contribution in [0.2, 0.25) is 0 Å². The molecular weight excluding hydrogens is 321 g/mol. The first-order chi connectivity index (χ1) is 9.81. The first-order valence-corrected chi connectivity index (χ1v) is 7.37. The SMILES string of the molecule is Cl.Cl.Oc1nn(C2CN3CCC2CC3)cc1-c1ccccc1. The lowest BCUT2D eigenvalue weighted by molar-refractivity contribution is 0.0508. The van der Waals surface area contributed by atoms with Gasteiger partial charge in [-0.05, 0) is 37.4 Å². The lowest BCUT2D eigenvalue weighted by Gasteiger charge is -2.44. The molecule has 1 unspecified atom stereocenters. The monoisotopic (exact) mass is 341 g/mol. The summed E-state index contributed by atoms with van der Waals surface area (Å²) in [7, 11) is 0. The predicted octanol–water partition coefficient (Wildman–Crippen LogP) is 3.37. The average Bonchev–Trinajstić information content (AvgIpc) is 2.91. The Bertz CT molecular complexity index is 609. The molecule has 1 atom stereocenters. The van der Waals surface area contributed by atoms with Crippen LogP contribution < -0.4 is 0 Å². The molecule has 5 rings (SSSR count). The Hall–Kier alpha value is -1.23. The van der Waals surface area contributed by atoms with Gasteiger partial charge in [-0.1, -0.05) is 30.3 Å². The molecule has 2 aromatic rings. The van der Waals surface area contributed by atoms with Crippen molar-refractivity contribution in [3.8, 4) is 17.0 Å². The number of benzene rings is 1. The van der Waals surface area contributed by atoms with Crippen LogP contribution in [0.3, 0.4) is 0 Å². The molecule has 1 aromatic carbocycles. The first kappa shape index (κ1) is 17.1. The predicted molar refractivity (Wildman–Crippen MR) is 92.0 cm³/mol. The molecule has 4 nitrogen and oxygen atoms in total. The third-order valence-corrected chi connectivity index (χ3v) is 4.76. The first-order valence-electron chi connectivity index (χ1n) is 7.37. The van der Waals surface area contributed by atoms with Gasteiger partial charge in [0.05, 0.1) is 11.6 Å². The lowest BCUT2D eigenvalue weighted by Crippen LogP contribution is -2.48. The van der Waals surface area contributed by atoms with Gasteiger partial charge in [-0.2, -0.15) is 0 Å². The van der Waals surface area contributed by atoms with Crippen molar-refractivity contribution in [1.82, 2.24) is 14.7 Å². The van der Waals surface area contributed by atoms with E-state index in [2.05, 4.69) is 10.00 Å². The number of rotatable bonds is 2. The average molecular weight is 342 g/mol. The van der Waals surface area contributed by atoms with Crippen LogP contribution in [-0.4, -0.2) is 39.4 Å². The van der Waals surface area contributed by atoms with Gasteiger partial charge in [0.15, 0.2) is 0 Å². The van der Waals surface area contributed by atoms with Gasteiger partial charge in [0.2, 0.25) is 5.88 Å². The van der Waals surface area contributed by atoms with E-state index in [9.17, 15) is 5.11 Å². The number of aromatic hydroxyl groups is 1. The molecule has 120 valence electrons. The van der Waals surface area contributed by atoms with Crippen molar-refractivity contribution in [3.63, 3.8) is 0 Å². The molecule has 6 heteroatoms. The van der Waals surface area contributed by atoms with E-state index in [1.807, 2.05) is 41.2 Å². The highest BCUT2D eigenvalue weighted by Crippen LogP contribution is 2.37. The maximum atomic E-state index is 10.1. The van der Waals surface area contributed by atoms with Crippen molar-refractivity contribution in [2.45, 2.75) is 18.9 Å². The van der Waals surface area contributed by atoms with Gasteiger partial charge < -0.3 is 10.0 Å². The minimum atomic E-state index is 0. The molecule has 0 aliphatic carbocycles. The van der Waals surface area contributed by atoms with Crippen LogP contribution in [0.5, 0.6) is 5.88 Å². The quantitative estimate of drug-likeness (QED) is 0.910. The zero-order valence-corrected chi connectivity index (χ0v) is 13.9. The molecule has 3 aliphatic heterocycles. The number of aromatic nitrogens is 2. The van der Waals surface area contributed by atoms with E-state index in [1.165, 1.54) is 25.9 Å². The Labute approximate surface area is 142 Å². The number of hydrogen-bond acceptors (Lipinski definition) is 3. The van der Waals surface area contributed by atoms with Crippen molar-refractivity contribution < 1.29 is 5.11 Å². The smallest absolute Gasteiger partial charge is 0.238 e. The molecule has 0 amide bonds. The van der Waals surface area contributed by atoms with Crippen molar-refractivity contribution in [1.29, 1.82) is 0 Å². The molecule has 22 heavy (non-hydrogen) atoms. The summed E-state index contributed by atoms with van der Waals surface area (Å²) in [4.78, 5) is 2.51. The van der Waals surface area contributed by atoms with E-state index in [-0.39, 0.29) is 30.7 Å². The number of halogens is 2. The standard InChI is InChI=1S/C16H19N3O.2ClH/c20-16-14(12-4-2-1-3-5-12)10-19(17-16)15-11-18-8-6-13(15)7-9-18;;/h1-5,10,13,15H,6-9,11H2,(H,17,20);2*1H. The second kappa shape index (κ2) is 6.90. The van der Waals surface area contributed by atoms with E-state index in [0.717, 1.165) is 17.7 Å². The zero-order chi connectivity index (χ0) is 13.5. The highest BCUT2D eigenvalue weighted by Gasteiger charge is 2.36. The van der Waals surface area contributed by atoms with Crippen LogP contribution in [0.4, 0.5) is 0 Å². The summed E-state index contributed by atoms with van der Waals surface area (Å²) in [5, 5.41) is 14.5. The van der Waals surface area contributed by atoms with Gasteiger partial charge >= 0.3 is 0 Å². The molecule has 0 saturated carbocycles. The summed E-state index contributed by atoms with van der Waals surface area (Å²) < 4.78 is 1.99. The fraction of sp³-hybridized carbons (Fsp3) is 0.438. The molecule has 4 heterocycles. The van der Waals surface area contributed by atoms with E-state index >= 15 is 0 Å². The maximum Gasteiger partial charge on any atom is 0.238 e. The van der Waals surface area contributed by atoms with E-state index in [0.29, 0.717) is 12.0 Å². The summed E-state index contributed by atoms with van der Waals surface area (Å²) >= 11 is 0. The van der Waals surface area contributed by atoms with Gasteiger partial charge in [0, 0.05) is 12.7 Å². The third-order valence-electron chi connectivity index (χ3n) is 4.76. The third kappa shape index (κ3) is 2.96. The maximum absolute atomic E-state index is 10.1. The molecule has 3 aliphatic rings. The fourth-order valence-corrected chi connectivity index (χ4v) is 3.61. The van der Waals surface area contributed by atoms with Crippen LogP contribution >= 0.6 is 24.8 Å². The Morgan fingerprint density at radius 2 is 1.73 bits per heavy atom. The highest BCUT2D eigenvalue weighted by atomic mass is 35.5. The number of piperidine rings is 3. The molecule has 2 bridgehead atoms. The van der Waals surface area contributed by atoms with Crippen LogP contribution in [0.1, 0.15) is 18.9 Å². The van der Waals surface area contributed by atoms with Crippen molar-refractivity contribution in [3.05, 3.63) is 36.5 Å². The van der Waals surface area contributed by atoms with Crippen molar-refractivity contribution in [2.24, 2.45) is 5.92 Å². The summed E-state index contributed by atoms with van der Waals surface area (Å²) in [6, 6.07) is 10.4. The van der Waals surface area contributed by atoms with E-state index < -0.39 is 0 Å². The fourth-order valence-electron chi connectivity index (χ4n) is 3.61. The largest absolute Gasteiger partial charge is 0.492 e. The normalized spacial score (nSPS) is 26.1. The highest BCUT2D eigenvalue weighted by molar-refractivity contribution is 5.85. The second-order valence-corrected chi connectivity index (χ2v) is 5.92. The van der Waals surface area contributed by atoms with Crippen LogP contribution in [0.15, 0.2) is 36.5 Å². The van der Waals surface area contributed by atoms with Crippen molar-refractivity contribution in [2.75, 3.05) is 19.6 Å². The Balaban J connectivity index is 0.000000882. The van der Waals surface area contributed by atoms with Crippen LogP contribution in [0.25, 0.3) is 11.1 Å². The Kier molecular flexibility index (Phi) is 5.37. The Morgan fingerprint density at radius 1 is 1.05 bits per heavy atom. The molecular formula is C16H21Cl2N3O. The number of fused-ring (bicyclic) bond motifs is 3. The minimum absolute atomic E-state index is 0. The minimum Gasteiger partial charge on any atom is -0.492 e. The number of nitrogens with zero attached hydrogens (tertiary/aromatic N) is 3.